The quantitative estimate of drug-likeness (QED) is 0.146. The standard InChI is InChI=1S/C59H43N3/c1-41-35-59(44-21-9-4-10-22-44)62-40-56(41)55-28-16-15-24-51(55)46-30-29-45(50-23-11-12-25-52(50)47-31-33-57(60-38-47)42-17-5-2-6-18-42)36-49(37-46)54-27-14-13-26-53(54)48-32-34-58(61-39-48)43-19-7-3-8-20-43/h2-29,31-40H,30H2,1H3. The van der Waals surface area contributed by atoms with Gasteiger partial charge in [0.15, 0.2) is 0 Å². The molecule has 0 amide bonds. The highest BCUT2D eigenvalue weighted by molar-refractivity contribution is 6.01. The van der Waals surface area contributed by atoms with Gasteiger partial charge in [-0.05, 0) is 93.3 Å². The third-order valence-electron chi connectivity index (χ3n) is 11.7. The SMILES string of the molecule is Cc1cc(-c2ccccc2)ncc1-c1ccccc1C1=CC(c2ccccc2-c2ccc(-c3ccccc3)nc2)=CC(c2ccccc2-c2ccc(-c3ccccc3)nc2)=CC1. The van der Waals surface area contributed by atoms with Crippen LogP contribution in [0.1, 0.15) is 28.7 Å². The summed E-state index contributed by atoms with van der Waals surface area (Å²) < 4.78 is 0. The Balaban J connectivity index is 1.10. The van der Waals surface area contributed by atoms with Gasteiger partial charge in [0.1, 0.15) is 0 Å². The first-order valence-electron chi connectivity index (χ1n) is 21.1. The largest absolute Gasteiger partial charge is 0.256 e. The Kier molecular flexibility index (Phi) is 10.7. The molecule has 1 aliphatic rings. The molecule has 3 aromatic heterocycles. The molecule has 0 saturated heterocycles. The normalized spacial score (nSPS) is 12.5. The molecule has 1 aliphatic carbocycles. The molecule has 0 unspecified atom stereocenters. The summed E-state index contributed by atoms with van der Waals surface area (Å²) in [5.41, 5.74) is 21.1. The maximum Gasteiger partial charge on any atom is 0.0705 e. The fourth-order valence-corrected chi connectivity index (χ4v) is 8.51. The number of pyridine rings is 3. The van der Waals surface area contributed by atoms with Gasteiger partial charge in [-0.3, -0.25) is 15.0 Å². The Hall–Kier alpha value is -8.01. The number of hydrogen-bond acceptors (Lipinski definition) is 3. The van der Waals surface area contributed by atoms with Gasteiger partial charge in [0.25, 0.3) is 0 Å². The third kappa shape index (κ3) is 7.88. The molecule has 294 valence electrons. The van der Waals surface area contributed by atoms with Crippen molar-refractivity contribution in [2.75, 3.05) is 0 Å². The summed E-state index contributed by atoms with van der Waals surface area (Å²) in [7, 11) is 0. The van der Waals surface area contributed by atoms with Gasteiger partial charge >= 0.3 is 0 Å². The van der Waals surface area contributed by atoms with E-state index in [2.05, 4.69) is 201 Å². The fourth-order valence-electron chi connectivity index (χ4n) is 8.51. The molecule has 62 heavy (non-hydrogen) atoms. The highest BCUT2D eigenvalue weighted by atomic mass is 14.7. The zero-order valence-electron chi connectivity index (χ0n) is 34.5. The Morgan fingerprint density at radius 2 is 0.758 bits per heavy atom. The van der Waals surface area contributed by atoms with E-state index < -0.39 is 0 Å². The second kappa shape index (κ2) is 17.3. The molecular formula is C59H43N3. The van der Waals surface area contributed by atoms with Crippen molar-refractivity contribution in [3.63, 3.8) is 0 Å². The third-order valence-corrected chi connectivity index (χ3v) is 11.7. The predicted octanol–water partition coefficient (Wildman–Crippen LogP) is 15.1. The van der Waals surface area contributed by atoms with Gasteiger partial charge < -0.3 is 0 Å². The average Bonchev–Trinajstić information content (AvgIpc) is 3.58. The molecule has 3 nitrogen and oxygen atoms in total. The number of allylic oxidation sites excluding steroid dienone is 6. The van der Waals surface area contributed by atoms with E-state index in [1.165, 1.54) is 22.3 Å². The van der Waals surface area contributed by atoms with Gasteiger partial charge in [-0.25, -0.2) is 0 Å². The number of aromatic nitrogens is 3. The maximum absolute atomic E-state index is 4.98. The zero-order valence-corrected chi connectivity index (χ0v) is 34.5. The highest BCUT2D eigenvalue weighted by Gasteiger charge is 2.19. The summed E-state index contributed by atoms with van der Waals surface area (Å²) in [5, 5.41) is 0. The van der Waals surface area contributed by atoms with Crippen LogP contribution in [0.4, 0.5) is 0 Å². The van der Waals surface area contributed by atoms with Crippen molar-refractivity contribution in [1.29, 1.82) is 0 Å². The van der Waals surface area contributed by atoms with Crippen LogP contribution in [-0.2, 0) is 0 Å². The Morgan fingerprint density at radius 1 is 0.323 bits per heavy atom. The van der Waals surface area contributed by atoms with Gasteiger partial charge in [0.2, 0.25) is 0 Å². The van der Waals surface area contributed by atoms with Crippen LogP contribution in [-0.4, -0.2) is 15.0 Å². The summed E-state index contributed by atoms with van der Waals surface area (Å²) in [6.45, 7) is 2.19. The lowest BCUT2D eigenvalue weighted by atomic mass is 9.89. The summed E-state index contributed by atoms with van der Waals surface area (Å²) in [6.07, 6.45) is 13.9. The maximum atomic E-state index is 4.98. The average molecular weight is 794 g/mol. The molecule has 0 bridgehead atoms. The number of rotatable bonds is 9. The van der Waals surface area contributed by atoms with E-state index in [0.717, 1.165) is 90.3 Å². The Labute approximate surface area is 363 Å². The highest BCUT2D eigenvalue weighted by Crippen LogP contribution is 2.42. The van der Waals surface area contributed by atoms with Gasteiger partial charge in [0, 0.05) is 52.0 Å². The predicted molar refractivity (Wildman–Crippen MR) is 259 cm³/mol. The molecule has 0 fully saturated rings. The Bertz CT molecular complexity index is 3110. The van der Waals surface area contributed by atoms with Crippen LogP contribution in [0.5, 0.6) is 0 Å². The lowest BCUT2D eigenvalue weighted by molar-refractivity contribution is 1.28. The van der Waals surface area contributed by atoms with E-state index in [1.54, 1.807) is 0 Å². The first kappa shape index (κ1) is 38.2. The van der Waals surface area contributed by atoms with Gasteiger partial charge in [-0.15, -0.1) is 0 Å². The minimum absolute atomic E-state index is 0.732. The van der Waals surface area contributed by atoms with Crippen molar-refractivity contribution in [2.45, 2.75) is 13.3 Å². The minimum atomic E-state index is 0.732. The molecule has 0 N–H and O–H groups in total. The van der Waals surface area contributed by atoms with Crippen molar-refractivity contribution >= 4 is 16.7 Å². The molecule has 0 saturated carbocycles. The van der Waals surface area contributed by atoms with Crippen molar-refractivity contribution in [3.8, 4) is 67.2 Å². The van der Waals surface area contributed by atoms with Crippen molar-refractivity contribution in [3.05, 3.63) is 253 Å². The molecule has 0 radical (unpaired) electrons. The van der Waals surface area contributed by atoms with Crippen molar-refractivity contribution in [1.82, 2.24) is 15.0 Å². The molecule has 10 rings (SSSR count). The van der Waals surface area contributed by atoms with Crippen LogP contribution >= 0.6 is 0 Å². The summed E-state index contributed by atoms with van der Waals surface area (Å²) >= 11 is 0. The van der Waals surface area contributed by atoms with E-state index in [1.807, 2.05) is 36.8 Å². The number of benzene rings is 6. The Morgan fingerprint density at radius 3 is 1.26 bits per heavy atom. The van der Waals surface area contributed by atoms with E-state index in [0.29, 0.717) is 0 Å². The molecule has 6 aromatic carbocycles. The first-order chi connectivity index (χ1) is 30.7. The number of aryl methyl sites for hydroxylation is 1. The van der Waals surface area contributed by atoms with E-state index in [-0.39, 0.29) is 0 Å². The van der Waals surface area contributed by atoms with Crippen LogP contribution < -0.4 is 0 Å². The van der Waals surface area contributed by atoms with Gasteiger partial charge in [0.05, 0.1) is 17.1 Å². The van der Waals surface area contributed by atoms with Crippen LogP contribution in [0, 0.1) is 6.92 Å². The second-order valence-corrected chi connectivity index (χ2v) is 15.6. The van der Waals surface area contributed by atoms with E-state index >= 15 is 0 Å². The lowest BCUT2D eigenvalue weighted by Gasteiger charge is -2.16. The topological polar surface area (TPSA) is 38.7 Å². The van der Waals surface area contributed by atoms with Crippen LogP contribution in [0.3, 0.4) is 0 Å². The molecule has 0 spiro atoms. The molecule has 3 heteroatoms. The molecule has 3 heterocycles. The molecule has 0 aliphatic heterocycles. The van der Waals surface area contributed by atoms with Crippen molar-refractivity contribution in [2.24, 2.45) is 0 Å². The van der Waals surface area contributed by atoms with Gasteiger partial charge in [-0.1, -0.05) is 188 Å². The molecule has 0 atom stereocenters. The summed E-state index contributed by atoms with van der Waals surface area (Å²) in [6, 6.07) is 68.1. The summed E-state index contributed by atoms with van der Waals surface area (Å²) in [4.78, 5) is 14.9. The smallest absolute Gasteiger partial charge is 0.0705 e. The van der Waals surface area contributed by atoms with Crippen molar-refractivity contribution < 1.29 is 0 Å². The van der Waals surface area contributed by atoms with Crippen LogP contribution in [0.15, 0.2) is 231 Å². The number of nitrogens with zero attached hydrogens (tertiary/aromatic N) is 3. The first-order valence-corrected chi connectivity index (χ1v) is 21.1. The zero-order chi connectivity index (χ0) is 41.7. The number of hydrogen-bond donors (Lipinski definition) is 0. The summed E-state index contributed by atoms with van der Waals surface area (Å²) in [5.74, 6) is 0. The molecular weight excluding hydrogens is 751 g/mol. The fraction of sp³-hybridized carbons (Fsp3) is 0.0339. The monoisotopic (exact) mass is 793 g/mol. The molecule has 9 aromatic rings. The minimum Gasteiger partial charge on any atom is -0.256 e. The van der Waals surface area contributed by atoms with E-state index in [4.69, 9.17) is 15.0 Å². The van der Waals surface area contributed by atoms with Crippen LogP contribution in [0.25, 0.3) is 83.9 Å². The van der Waals surface area contributed by atoms with Crippen LogP contribution in [0.2, 0.25) is 0 Å². The second-order valence-electron chi connectivity index (χ2n) is 15.6. The van der Waals surface area contributed by atoms with E-state index in [9.17, 15) is 0 Å². The van der Waals surface area contributed by atoms with Gasteiger partial charge in [-0.2, -0.15) is 0 Å². The lowest BCUT2D eigenvalue weighted by Crippen LogP contribution is -1.95.